The largest absolute Gasteiger partial charge is 0.349 e. The second-order valence-electron chi connectivity index (χ2n) is 6.96. The van der Waals surface area contributed by atoms with Gasteiger partial charge in [0.15, 0.2) is 11.0 Å². The predicted octanol–water partition coefficient (Wildman–Crippen LogP) is 5.61. The highest BCUT2D eigenvalue weighted by Gasteiger charge is 2.19. The highest BCUT2D eigenvalue weighted by atomic mass is 35.5. The van der Waals surface area contributed by atoms with Crippen LogP contribution < -0.4 is 5.32 Å². The van der Waals surface area contributed by atoms with Gasteiger partial charge in [0.2, 0.25) is 5.91 Å². The third-order valence-corrected chi connectivity index (χ3v) is 6.21. The summed E-state index contributed by atoms with van der Waals surface area (Å²) in [4.78, 5) is 16.6. The second-order valence-corrected chi connectivity index (χ2v) is 8.75. The average molecular weight is 484 g/mol. The molecule has 0 spiro atoms. The normalized spacial score (nSPS) is 11.8. The van der Waals surface area contributed by atoms with E-state index in [9.17, 15) is 4.79 Å². The first-order valence-electron chi connectivity index (χ1n) is 9.81. The van der Waals surface area contributed by atoms with Crippen molar-refractivity contribution in [2.75, 3.05) is 5.75 Å². The molecule has 0 radical (unpaired) electrons. The first-order chi connectivity index (χ1) is 15.5. The van der Waals surface area contributed by atoms with Gasteiger partial charge in [-0.05, 0) is 55.0 Å². The van der Waals surface area contributed by atoms with Crippen LogP contribution >= 0.6 is 35.0 Å². The topological polar surface area (TPSA) is 72.7 Å². The van der Waals surface area contributed by atoms with E-state index in [-0.39, 0.29) is 17.7 Å². The quantitative estimate of drug-likeness (QED) is 0.346. The minimum Gasteiger partial charge on any atom is -0.349 e. The lowest BCUT2D eigenvalue weighted by Gasteiger charge is -2.14. The average Bonchev–Trinajstić information content (AvgIpc) is 3.22. The first-order valence-corrected chi connectivity index (χ1v) is 11.6. The molecule has 162 valence electrons. The molecule has 0 aliphatic carbocycles. The van der Waals surface area contributed by atoms with Gasteiger partial charge in [0.05, 0.1) is 16.8 Å². The monoisotopic (exact) mass is 483 g/mol. The Labute approximate surface area is 200 Å². The van der Waals surface area contributed by atoms with Crippen LogP contribution in [0.5, 0.6) is 0 Å². The van der Waals surface area contributed by atoms with Gasteiger partial charge in [0.1, 0.15) is 0 Å². The van der Waals surface area contributed by atoms with Crippen molar-refractivity contribution in [1.82, 2.24) is 25.1 Å². The molecule has 0 fully saturated rings. The summed E-state index contributed by atoms with van der Waals surface area (Å²) >= 11 is 13.8. The summed E-state index contributed by atoms with van der Waals surface area (Å²) in [6.07, 6.45) is 3.41. The zero-order chi connectivity index (χ0) is 22.5. The molecule has 0 aliphatic heterocycles. The molecule has 0 saturated carbocycles. The summed E-state index contributed by atoms with van der Waals surface area (Å²) in [7, 11) is 0. The Morgan fingerprint density at radius 3 is 2.53 bits per heavy atom. The van der Waals surface area contributed by atoms with Crippen molar-refractivity contribution in [3.05, 3.63) is 88.7 Å². The maximum atomic E-state index is 12.6. The molecule has 2 heterocycles. The smallest absolute Gasteiger partial charge is 0.230 e. The van der Waals surface area contributed by atoms with E-state index in [1.165, 1.54) is 11.8 Å². The van der Waals surface area contributed by atoms with Crippen molar-refractivity contribution in [3.63, 3.8) is 0 Å². The van der Waals surface area contributed by atoms with Crippen LogP contribution in [-0.4, -0.2) is 31.4 Å². The minimum atomic E-state index is -0.124. The Bertz CT molecular complexity index is 1220. The molecule has 1 N–H and O–H groups in total. The van der Waals surface area contributed by atoms with Crippen molar-refractivity contribution >= 4 is 40.9 Å². The first kappa shape index (κ1) is 22.3. The molecule has 9 heteroatoms. The molecule has 2 aromatic heterocycles. The van der Waals surface area contributed by atoms with E-state index >= 15 is 0 Å². The lowest BCUT2D eigenvalue weighted by molar-refractivity contribution is -0.119. The van der Waals surface area contributed by atoms with E-state index in [0.717, 1.165) is 11.3 Å². The summed E-state index contributed by atoms with van der Waals surface area (Å²) < 4.78 is 1.89. The van der Waals surface area contributed by atoms with Crippen LogP contribution in [0, 0.1) is 0 Å². The molecule has 6 nitrogen and oxygen atoms in total. The summed E-state index contributed by atoms with van der Waals surface area (Å²) in [5, 5.41) is 13.3. The number of nitrogens with one attached hydrogen (secondary N) is 1. The zero-order valence-electron chi connectivity index (χ0n) is 17.1. The predicted molar refractivity (Wildman–Crippen MR) is 128 cm³/mol. The Morgan fingerprint density at radius 1 is 1.06 bits per heavy atom. The van der Waals surface area contributed by atoms with Gasteiger partial charge in [0.25, 0.3) is 0 Å². The molecule has 0 bridgehead atoms. The van der Waals surface area contributed by atoms with Crippen LogP contribution in [0.15, 0.2) is 78.2 Å². The van der Waals surface area contributed by atoms with Crippen LogP contribution in [0.1, 0.15) is 18.5 Å². The number of aromatic nitrogens is 4. The molecule has 1 amide bonds. The van der Waals surface area contributed by atoms with Crippen molar-refractivity contribution < 1.29 is 4.79 Å². The Morgan fingerprint density at radius 2 is 1.81 bits per heavy atom. The van der Waals surface area contributed by atoms with E-state index < -0.39 is 0 Å². The highest BCUT2D eigenvalue weighted by Crippen LogP contribution is 2.33. The Kier molecular flexibility index (Phi) is 7.09. The number of hydrogen-bond acceptors (Lipinski definition) is 5. The van der Waals surface area contributed by atoms with Gasteiger partial charge in [0, 0.05) is 28.7 Å². The molecule has 2 aromatic carbocycles. The number of halogens is 2. The van der Waals surface area contributed by atoms with E-state index in [4.69, 9.17) is 23.2 Å². The van der Waals surface area contributed by atoms with E-state index in [0.29, 0.717) is 26.6 Å². The second kappa shape index (κ2) is 10.2. The highest BCUT2D eigenvalue weighted by molar-refractivity contribution is 7.99. The molecule has 32 heavy (non-hydrogen) atoms. The van der Waals surface area contributed by atoms with Crippen molar-refractivity contribution in [2.24, 2.45) is 0 Å². The van der Waals surface area contributed by atoms with Gasteiger partial charge >= 0.3 is 0 Å². The van der Waals surface area contributed by atoms with Crippen LogP contribution in [0.4, 0.5) is 0 Å². The van der Waals surface area contributed by atoms with Gasteiger partial charge in [-0.3, -0.25) is 14.3 Å². The van der Waals surface area contributed by atoms with Gasteiger partial charge in [-0.2, -0.15) is 0 Å². The third kappa shape index (κ3) is 5.12. The molecule has 1 unspecified atom stereocenters. The number of carbonyl (C=O) groups excluding carboxylic acids is 1. The molecular weight excluding hydrogens is 465 g/mol. The Hall–Kier alpha value is -2.87. The number of benzene rings is 2. The number of nitrogens with zero attached hydrogens (tertiary/aromatic N) is 4. The lowest BCUT2D eigenvalue weighted by atomic mass is 10.1. The summed E-state index contributed by atoms with van der Waals surface area (Å²) in [6, 6.07) is 18.6. The zero-order valence-corrected chi connectivity index (χ0v) is 19.4. The molecule has 0 saturated heterocycles. The molecular formula is C23H19Cl2N5OS. The maximum absolute atomic E-state index is 12.6. The van der Waals surface area contributed by atoms with Gasteiger partial charge < -0.3 is 5.32 Å². The number of para-hydroxylation sites is 1. The molecule has 4 rings (SSSR count). The SMILES string of the molecule is CC(NC(=O)CSc1nnc(-c2ccc(Cl)cc2Cl)n1-c1ccccc1)c1ccncc1. The Balaban J connectivity index is 1.57. The van der Waals surface area contributed by atoms with Crippen molar-refractivity contribution in [1.29, 1.82) is 0 Å². The number of carbonyl (C=O) groups is 1. The fourth-order valence-electron chi connectivity index (χ4n) is 3.17. The number of amides is 1. The van der Waals surface area contributed by atoms with Crippen LogP contribution in [-0.2, 0) is 4.79 Å². The van der Waals surface area contributed by atoms with Crippen LogP contribution in [0.2, 0.25) is 10.0 Å². The minimum absolute atomic E-state index is 0.104. The van der Waals surface area contributed by atoms with Gasteiger partial charge in [-0.15, -0.1) is 10.2 Å². The molecule has 0 aliphatic rings. The number of rotatable bonds is 7. The number of thioether (sulfide) groups is 1. The molecule has 4 aromatic rings. The number of hydrogen-bond donors (Lipinski definition) is 1. The fraction of sp³-hybridized carbons (Fsp3) is 0.130. The molecule has 1 atom stereocenters. The van der Waals surface area contributed by atoms with Crippen LogP contribution in [0.25, 0.3) is 17.1 Å². The van der Waals surface area contributed by atoms with E-state index in [1.807, 2.05) is 60.0 Å². The van der Waals surface area contributed by atoms with E-state index in [2.05, 4.69) is 20.5 Å². The van der Waals surface area contributed by atoms with Gasteiger partial charge in [-0.25, -0.2) is 0 Å². The summed E-state index contributed by atoms with van der Waals surface area (Å²) in [6.45, 7) is 1.94. The lowest BCUT2D eigenvalue weighted by Crippen LogP contribution is -2.28. The summed E-state index contributed by atoms with van der Waals surface area (Å²) in [5.74, 6) is 0.660. The van der Waals surface area contributed by atoms with E-state index in [1.54, 1.807) is 24.5 Å². The van der Waals surface area contributed by atoms with Crippen molar-refractivity contribution in [2.45, 2.75) is 18.1 Å². The summed E-state index contributed by atoms with van der Waals surface area (Å²) in [5.41, 5.74) is 2.56. The maximum Gasteiger partial charge on any atom is 0.230 e. The number of pyridine rings is 1. The fourth-order valence-corrected chi connectivity index (χ4v) is 4.42. The van der Waals surface area contributed by atoms with Crippen molar-refractivity contribution in [3.8, 4) is 17.1 Å². The van der Waals surface area contributed by atoms with Gasteiger partial charge in [-0.1, -0.05) is 53.2 Å². The third-order valence-electron chi connectivity index (χ3n) is 4.74. The standard InChI is InChI=1S/C23H19Cl2N5OS/c1-15(16-9-11-26-12-10-16)27-21(31)14-32-23-29-28-22(19-8-7-17(24)13-20(19)25)30(23)18-5-3-2-4-6-18/h2-13,15H,14H2,1H3,(H,27,31). The van der Waals surface area contributed by atoms with Crippen LogP contribution in [0.3, 0.4) is 0 Å².